The van der Waals surface area contributed by atoms with Crippen LogP contribution in [-0.4, -0.2) is 9.36 Å². The van der Waals surface area contributed by atoms with Gasteiger partial charge in [-0.3, -0.25) is 0 Å². The standard InChI is InChI=1S/C10H20I/c1-8-5-4-6-10(8)9(2)7-11-3/h8-10H,4-7H2,1-3H3/q-1. The predicted molar refractivity (Wildman–Crippen MR) is 46.5 cm³/mol. The summed E-state index contributed by atoms with van der Waals surface area (Å²) in [6, 6.07) is 0. The van der Waals surface area contributed by atoms with Gasteiger partial charge in [-0.25, -0.2) is 0 Å². The Labute approximate surface area is 81.4 Å². The molecule has 0 amide bonds. The van der Waals surface area contributed by atoms with Gasteiger partial charge in [0.05, 0.1) is 0 Å². The summed E-state index contributed by atoms with van der Waals surface area (Å²) < 4.78 is 1.55. The number of alkyl halides is 2. The maximum absolute atomic E-state index is 2.47. The van der Waals surface area contributed by atoms with E-state index in [1.807, 2.05) is 0 Å². The van der Waals surface area contributed by atoms with Gasteiger partial charge >= 0.3 is 81.4 Å². The van der Waals surface area contributed by atoms with Crippen molar-refractivity contribution in [3.05, 3.63) is 0 Å². The number of hydrogen-bond donors (Lipinski definition) is 0. The van der Waals surface area contributed by atoms with E-state index in [1.54, 1.807) is 4.43 Å². The molecule has 68 valence electrons. The molecule has 0 aromatic carbocycles. The molecule has 0 aromatic heterocycles. The summed E-state index contributed by atoms with van der Waals surface area (Å²) in [6.45, 7) is 4.91. The van der Waals surface area contributed by atoms with Crippen LogP contribution in [0.2, 0.25) is 0 Å². The van der Waals surface area contributed by atoms with E-state index in [1.165, 1.54) is 19.3 Å². The fourth-order valence-electron chi connectivity index (χ4n) is 2.38. The monoisotopic (exact) mass is 267 g/mol. The molecule has 0 aromatic rings. The van der Waals surface area contributed by atoms with Crippen molar-refractivity contribution in [3.63, 3.8) is 0 Å². The Balaban J connectivity index is 2.33. The molecule has 3 unspecified atom stereocenters. The van der Waals surface area contributed by atoms with Gasteiger partial charge in [0.25, 0.3) is 0 Å². The molecule has 0 bridgehead atoms. The van der Waals surface area contributed by atoms with Gasteiger partial charge in [-0.15, -0.1) is 0 Å². The van der Waals surface area contributed by atoms with E-state index in [2.05, 4.69) is 18.8 Å². The quantitative estimate of drug-likeness (QED) is 0.490. The average molecular weight is 267 g/mol. The zero-order chi connectivity index (χ0) is 8.27. The van der Waals surface area contributed by atoms with Crippen LogP contribution >= 0.6 is 0 Å². The van der Waals surface area contributed by atoms with Crippen LogP contribution in [0.1, 0.15) is 33.1 Å². The van der Waals surface area contributed by atoms with Crippen LogP contribution < -0.4 is 21.2 Å². The predicted octanol–water partition coefficient (Wildman–Crippen LogP) is -0.222. The first-order valence-electron chi connectivity index (χ1n) is 4.69. The molecule has 1 aliphatic rings. The zero-order valence-corrected chi connectivity index (χ0v) is 10.1. The van der Waals surface area contributed by atoms with Crippen molar-refractivity contribution < 1.29 is 21.2 Å². The summed E-state index contributed by atoms with van der Waals surface area (Å²) in [4.78, 5) is 2.41. The van der Waals surface area contributed by atoms with Crippen molar-refractivity contribution in [2.24, 2.45) is 17.8 Å². The van der Waals surface area contributed by atoms with Crippen LogP contribution in [0.3, 0.4) is 0 Å². The summed E-state index contributed by atoms with van der Waals surface area (Å²) in [5, 5.41) is 0. The molecule has 1 aliphatic carbocycles. The molecular formula is C10H20I-. The van der Waals surface area contributed by atoms with Crippen LogP contribution in [0.4, 0.5) is 0 Å². The second-order valence-electron chi connectivity index (χ2n) is 3.97. The molecular weight excluding hydrogens is 247 g/mol. The second-order valence-corrected chi connectivity index (χ2v) is 6.38. The Kier molecular flexibility index (Phi) is 4.18. The molecule has 1 saturated carbocycles. The van der Waals surface area contributed by atoms with Crippen LogP contribution in [-0.2, 0) is 0 Å². The van der Waals surface area contributed by atoms with Crippen LogP contribution in [0.15, 0.2) is 0 Å². The third kappa shape index (κ3) is 2.60. The fraction of sp³-hybridized carbons (Fsp3) is 1.00. The van der Waals surface area contributed by atoms with Crippen molar-refractivity contribution in [2.75, 3.05) is 9.36 Å². The number of hydrogen-bond acceptors (Lipinski definition) is 0. The van der Waals surface area contributed by atoms with E-state index in [0.717, 1.165) is 17.8 Å². The number of halogens is 1. The molecule has 0 nitrogen and oxygen atoms in total. The minimum absolute atomic E-state index is 0.530. The average Bonchev–Trinajstić information content (AvgIpc) is 2.36. The third-order valence-corrected chi connectivity index (χ3v) is 5.33. The molecule has 0 spiro atoms. The molecule has 0 N–H and O–H groups in total. The molecule has 3 atom stereocenters. The summed E-state index contributed by atoms with van der Waals surface area (Å²) in [7, 11) is 0. The minimum atomic E-state index is 0.530. The zero-order valence-electron chi connectivity index (χ0n) is 7.94. The van der Waals surface area contributed by atoms with Gasteiger partial charge in [0.1, 0.15) is 0 Å². The van der Waals surface area contributed by atoms with Crippen LogP contribution in [0.25, 0.3) is 0 Å². The Morgan fingerprint density at radius 2 is 2.18 bits per heavy atom. The molecule has 0 saturated heterocycles. The summed E-state index contributed by atoms with van der Waals surface area (Å²) in [5.74, 6) is 3.14. The van der Waals surface area contributed by atoms with Gasteiger partial charge in [-0.2, -0.15) is 0 Å². The molecule has 1 heteroatoms. The third-order valence-electron chi connectivity index (χ3n) is 3.06. The second kappa shape index (κ2) is 4.68. The van der Waals surface area contributed by atoms with Crippen molar-refractivity contribution in [1.29, 1.82) is 0 Å². The number of rotatable bonds is 3. The van der Waals surface area contributed by atoms with E-state index in [4.69, 9.17) is 0 Å². The van der Waals surface area contributed by atoms with Crippen LogP contribution in [0.5, 0.6) is 0 Å². The Bertz CT molecular complexity index is 111. The molecule has 0 radical (unpaired) electrons. The van der Waals surface area contributed by atoms with Crippen molar-refractivity contribution in [1.82, 2.24) is 0 Å². The molecule has 0 heterocycles. The summed E-state index contributed by atoms with van der Waals surface area (Å²) >= 11 is 0.530. The van der Waals surface area contributed by atoms with E-state index in [9.17, 15) is 0 Å². The van der Waals surface area contributed by atoms with E-state index >= 15 is 0 Å². The van der Waals surface area contributed by atoms with Crippen molar-refractivity contribution in [3.8, 4) is 0 Å². The Morgan fingerprint density at radius 3 is 2.64 bits per heavy atom. The first kappa shape index (κ1) is 9.82. The summed E-state index contributed by atoms with van der Waals surface area (Å²) in [6.07, 6.45) is 4.52. The van der Waals surface area contributed by atoms with Gasteiger partial charge in [0.2, 0.25) is 0 Å². The Morgan fingerprint density at radius 1 is 1.45 bits per heavy atom. The molecule has 11 heavy (non-hydrogen) atoms. The van der Waals surface area contributed by atoms with Gasteiger partial charge in [0, 0.05) is 0 Å². The molecule has 0 aliphatic heterocycles. The van der Waals surface area contributed by atoms with Crippen molar-refractivity contribution in [2.45, 2.75) is 33.1 Å². The van der Waals surface area contributed by atoms with E-state index in [-0.39, 0.29) is 0 Å². The topological polar surface area (TPSA) is 0 Å². The van der Waals surface area contributed by atoms with Gasteiger partial charge < -0.3 is 0 Å². The maximum atomic E-state index is 2.47. The van der Waals surface area contributed by atoms with Crippen LogP contribution in [0, 0.1) is 17.8 Å². The van der Waals surface area contributed by atoms with Crippen molar-refractivity contribution >= 4 is 0 Å². The van der Waals surface area contributed by atoms with Gasteiger partial charge in [0.15, 0.2) is 0 Å². The summed E-state index contributed by atoms with van der Waals surface area (Å²) in [5.41, 5.74) is 0. The SMILES string of the molecule is C[I-]CC(C)C1CCCC1C. The fourth-order valence-corrected chi connectivity index (χ4v) is 4.42. The first-order valence-corrected chi connectivity index (χ1v) is 8.37. The van der Waals surface area contributed by atoms with E-state index < -0.39 is 0 Å². The van der Waals surface area contributed by atoms with Gasteiger partial charge in [-0.1, -0.05) is 0 Å². The van der Waals surface area contributed by atoms with E-state index in [0.29, 0.717) is 21.2 Å². The molecule has 1 rings (SSSR count). The molecule has 1 fully saturated rings. The van der Waals surface area contributed by atoms with Gasteiger partial charge in [-0.05, 0) is 0 Å². The normalized spacial score (nSPS) is 34.5. The Hall–Kier alpha value is 0.730. The first-order chi connectivity index (χ1) is 5.25.